The molecule has 410 valence electrons. The molecule has 1 rings (SSSR count). The highest BCUT2D eigenvalue weighted by Gasteiger charge is 2.44. The SMILES string of the molecule is CC/C=C\C/C=C\C/C=C\C/C=C\C/C=C\CCCCCCCCCCCCCCCC(=O)NC(COC1OC(CO)C(O)C(O)C1O)C(O)/C=C/CC/C=C/CCCCCCCCCCCCCCC. The van der Waals surface area contributed by atoms with Crippen LogP contribution in [-0.4, -0.2) is 87.5 Å². The Labute approximate surface area is 435 Å². The average molecular weight is 997 g/mol. The summed E-state index contributed by atoms with van der Waals surface area (Å²) in [5.41, 5.74) is 0. The summed E-state index contributed by atoms with van der Waals surface area (Å²) in [4.78, 5) is 13.1. The lowest BCUT2D eigenvalue weighted by atomic mass is 9.99. The van der Waals surface area contributed by atoms with Crippen LogP contribution in [0.4, 0.5) is 0 Å². The van der Waals surface area contributed by atoms with Gasteiger partial charge >= 0.3 is 0 Å². The second-order valence-corrected chi connectivity index (χ2v) is 20.0. The number of allylic oxidation sites excluding steroid dienone is 13. The molecule has 0 aromatic rings. The Bertz CT molecular complexity index is 1390. The second kappa shape index (κ2) is 50.9. The monoisotopic (exact) mass is 996 g/mol. The second-order valence-electron chi connectivity index (χ2n) is 20.0. The van der Waals surface area contributed by atoms with Gasteiger partial charge in [-0.15, -0.1) is 0 Å². The van der Waals surface area contributed by atoms with Crippen LogP contribution in [0.1, 0.15) is 245 Å². The summed E-state index contributed by atoms with van der Waals surface area (Å²) in [6.45, 7) is 3.66. The Balaban J connectivity index is 2.22. The quantitative estimate of drug-likeness (QED) is 0.0261. The number of amides is 1. The third kappa shape index (κ3) is 40.4. The summed E-state index contributed by atoms with van der Waals surface area (Å²) in [7, 11) is 0. The molecule has 6 N–H and O–H groups in total. The summed E-state index contributed by atoms with van der Waals surface area (Å²) in [5.74, 6) is -0.190. The molecule has 9 nitrogen and oxygen atoms in total. The Morgan fingerprint density at radius 2 is 0.887 bits per heavy atom. The minimum absolute atomic E-state index is 0.190. The van der Waals surface area contributed by atoms with E-state index >= 15 is 0 Å². The smallest absolute Gasteiger partial charge is 0.220 e. The zero-order valence-corrected chi connectivity index (χ0v) is 45.5. The summed E-state index contributed by atoms with van der Waals surface area (Å²) in [5, 5.41) is 54.5. The maximum Gasteiger partial charge on any atom is 0.220 e. The van der Waals surface area contributed by atoms with E-state index in [1.165, 1.54) is 154 Å². The number of hydrogen-bond donors (Lipinski definition) is 6. The third-order valence-corrected chi connectivity index (χ3v) is 13.5. The number of hydrogen-bond acceptors (Lipinski definition) is 8. The van der Waals surface area contributed by atoms with Crippen LogP contribution >= 0.6 is 0 Å². The first-order chi connectivity index (χ1) is 34.8. The van der Waals surface area contributed by atoms with Crippen molar-refractivity contribution in [3.8, 4) is 0 Å². The fraction of sp³-hybridized carbons (Fsp3) is 0.758. The largest absolute Gasteiger partial charge is 0.394 e. The molecule has 0 aromatic heterocycles. The van der Waals surface area contributed by atoms with Gasteiger partial charge in [0.25, 0.3) is 0 Å². The molecule has 1 fully saturated rings. The van der Waals surface area contributed by atoms with Crippen LogP contribution in [-0.2, 0) is 14.3 Å². The molecule has 7 unspecified atom stereocenters. The van der Waals surface area contributed by atoms with Crippen molar-refractivity contribution < 1.29 is 39.8 Å². The van der Waals surface area contributed by atoms with E-state index in [0.717, 1.165) is 70.6 Å². The minimum atomic E-state index is -1.58. The van der Waals surface area contributed by atoms with Crippen molar-refractivity contribution in [3.05, 3.63) is 85.1 Å². The number of ether oxygens (including phenoxy) is 2. The molecule has 0 aromatic carbocycles. The van der Waals surface area contributed by atoms with Gasteiger partial charge in [-0.05, 0) is 77.0 Å². The number of rotatable bonds is 49. The van der Waals surface area contributed by atoms with Gasteiger partial charge in [0.05, 0.1) is 25.4 Å². The van der Waals surface area contributed by atoms with Crippen LogP contribution in [0.2, 0.25) is 0 Å². The Morgan fingerprint density at radius 3 is 1.35 bits per heavy atom. The van der Waals surface area contributed by atoms with Crippen molar-refractivity contribution >= 4 is 5.91 Å². The van der Waals surface area contributed by atoms with Gasteiger partial charge in [0.2, 0.25) is 5.91 Å². The highest BCUT2D eigenvalue weighted by Crippen LogP contribution is 2.23. The lowest BCUT2D eigenvalue weighted by molar-refractivity contribution is -0.302. The molecule has 71 heavy (non-hydrogen) atoms. The summed E-state index contributed by atoms with van der Waals surface area (Å²) in [6.07, 6.45) is 65.0. The van der Waals surface area contributed by atoms with Crippen LogP contribution in [0.5, 0.6) is 0 Å². The Hall–Kier alpha value is -2.63. The zero-order valence-electron chi connectivity index (χ0n) is 45.5. The van der Waals surface area contributed by atoms with E-state index in [1.807, 2.05) is 6.08 Å². The van der Waals surface area contributed by atoms with Crippen molar-refractivity contribution in [2.75, 3.05) is 13.2 Å². The number of unbranched alkanes of at least 4 members (excludes halogenated alkanes) is 27. The number of nitrogens with one attached hydrogen (secondary N) is 1. The maximum absolute atomic E-state index is 13.1. The van der Waals surface area contributed by atoms with Gasteiger partial charge in [0.1, 0.15) is 24.4 Å². The van der Waals surface area contributed by atoms with Gasteiger partial charge in [0, 0.05) is 6.42 Å². The first-order valence-electron chi connectivity index (χ1n) is 29.3. The van der Waals surface area contributed by atoms with Gasteiger partial charge in [-0.1, -0.05) is 247 Å². The average Bonchev–Trinajstić information content (AvgIpc) is 3.37. The summed E-state index contributed by atoms with van der Waals surface area (Å²) >= 11 is 0. The van der Waals surface area contributed by atoms with E-state index in [4.69, 9.17) is 9.47 Å². The molecule has 1 amide bonds. The Kier molecular flexibility index (Phi) is 47.6. The number of carbonyl (C=O) groups is 1. The minimum Gasteiger partial charge on any atom is -0.394 e. The van der Waals surface area contributed by atoms with E-state index < -0.39 is 49.5 Å². The molecule has 1 aliphatic heterocycles. The summed E-state index contributed by atoms with van der Waals surface area (Å²) < 4.78 is 11.3. The molecule has 1 aliphatic rings. The van der Waals surface area contributed by atoms with Crippen LogP contribution in [0, 0.1) is 0 Å². The van der Waals surface area contributed by atoms with Gasteiger partial charge in [-0.2, -0.15) is 0 Å². The molecule has 1 saturated heterocycles. The lowest BCUT2D eigenvalue weighted by Crippen LogP contribution is -2.60. The van der Waals surface area contributed by atoms with Gasteiger partial charge < -0.3 is 40.3 Å². The number of aliphatic hydroxyl groups is 5. The molecule has 0 spiro atoms. The van der Waals surface area contributed by atoms with Crippen molar-refractivity contribution in [1.82, 2.24) is 5.32 Å². The van der Waals surface area contributed by atoms with Crippen LogP contribution in [0.3, 0.4) is 0 Å². The fourth-order valence-corrected chi connectivity index (χ4v) is 8.85. The molecular formula is C62H109NO8. The molecule has 0 radical (unpaired) electrons. The zero-order chi connectivity index (χ0) is 51.5. The predicted molar refractivity (Wildman–Crippen MR) is 299 cm³/mol. The normalized spacial score (nSPS) is 19.9. The highest BCUT2D eigenvalue weighted by atomic mass is 16.7. The van der Waals surface area contributed by atoms with E-state index in [1.54, 1.807) is 6.08 Å². The van der Waals surface area contributed by atoms with Crippen molar-refractivity contribution in [2.45, 2.75) is 288 Å². The molecule has 9 heteroatoms. The molecule has 1 heterocycles. The van der Waals surface area contributed by atoms with Crippen LogP contribution in [0.15, 0.2) is 85.1 Å². The van der Waals surface area contributed by atoms with Crippen molar-refractivity contribution in [2.24, 2.45) is 0 Å². The molecule has 0 bridgehead atoms. The van der Waals surface area contributed by atoms with E-state index in [0.29, 0.717) is 6.42 Å². The van der Waals surface area contributed by atoms with Crippen LogP contribution in [0.25, 0.3) is 0 Å². The topological polar surface area (TPSA) is 149 Å². The third-order valence-electron chi connectivity index (χ3n) is 13.5. The first kappa shape index (κ1) is 66.4. The van der Waals surface area contributed by atoms with Gasteiger partial charge in [-0.3, -0.25) is 4.79 Å². The molecule has 0 saturated carbocycles. The van der Waals surface area contributed by atoms with Crippen molar-refractivity contribution in [3.63, 3.8) is 0 Å². The van der Waals surface area contributed by atoms with Crippen molar-refractivity contribution in [1.29, 1.82) is 0 Å². The fourth-order valence-electron chi connectivity index (χ4n) is 8.85. The van der Waals surface area contributed by atoms with Crippen LogP contribution < -0.4 is 5.32 Å². The van der Waals surface area contributed by atoms with E-state index in [2.05, 4.69) is 92.1 Å². The lowest BCUT2D eigenvalue weighted by Gasteiger charge is -2.40. The van der Waals surface area contributed by atoms with Gasteiger partial charge in [-0.25, -0.2) is 0 Å². The highest BCUT2D eigenvalue weighted by molar-refractivity contribution is 5.76. The first-order valence-corrected chi connectivity index (χ1v) is 29.3. The molecular weight excluding hydrogens is 887 g/mol. The number of carbonyl (C=O) groups excluding carboxylic acids is 1. The van der Waals surface area contributed by atoms with E-state index in [9.17, 15) is 30.3 Å². The number of aliphatic hydroxyl groups excluding tert-OH is 5. The Morgan fingerprint density at radius 1 is 0.493 bits per heavy atom. The summed E-state index contributed by atoms with van der Waals surface area (Å²) in [6, 6.07) is -0.827. The maximum atomic E-state index is 13.1. The molecule has 0 aliphatic carbocycles. The standard InChI is InChI=1S/C62H109NO8/c1-3-5-7-9-11-13-15-17-19-21-23-24-25-26-27-28-29-30-31-32-34-36-38-40-42-44-46-48-50-52-58(66)63-55(54-70-62-61(69)60(68)59(67)57(53-64)71-62)56(65)51-49-47-45-43-41-39-37-35-33-22-20-18-16-14-12-10-8-6-4-2/h5,7,11,13,17,19,23-24,26-27,41,43,49,51,55-57,59-62,64-65,67-69H,3-4,6,8-10,12,14-16,18,20-22,25,28-40,42,44-48,50,52-54H2,1-2H3,(H,63,66)/b7-5-,13-11-,19-17-,24-23-,27-26-,43-41+,51-49+. The van der Waals surface area contributed by atoms with E-state index in [-0.39, 0.29) is 12.5 Å². The molecule has 7 atom stereocenters. The predicted octanol–water partition coefficient (Wildman–Crippen LogP) is 14.6. The van der Waals surface area contributed by atoms with Gasteiger partial charge in [0.15, 0.2) is 6.29 Å².